The van der Waals surface area contributed by atoms with Crippen molar-refractivity contribution in [3.63, 3.8) is 0 Å². The van der Waals surface area contributed by atoms with Crippen molar-refractivity contribution in [2.45, 2.75) is 38.0 Å². The molecule has 2 fully saturated rings. The van der Waals surface area contributed by atoms with Gasteiger partial charge in [-0.15, -0.1) is 0 Å². The molecule has 2 aliphatic rings. The van der Waals surface area contributed by atoms with E-state index in [1.807, 2.05) is 31.2 Å². The molecule has 8 heteroatoms. The molecule has 0 radical (unpaired) electrons. The summed E-state index contributed by atoms with van der Waals surface area (Å²) < 4.78 is 27.4. The standard InChI is InChI=1S/C24H29N3O4S/c1-17-3-5-20(6-4-17)25-24(29)19-15-23(28)27(16-19)21-7-9-22(10-8-21)32(30,31)26-13-11-18(2)12-14-26/h3-10,18-19H,11-16H2,1-2H3,(H,25,29)/t19-/m1/s1. The molecule has 0 aromatic heterocycles. The highest BCUT2D eigenvalue weighted by Crippen LogP contribution is 2.29. The summed E-state index contributed by atoms with van der Waals surface area (Å²) in [6.07, 6.45) is 1.86. The van der Waals surface area contributed by atoms with Crippen LogP contribution in [-0.2, 0) is 19.6 Å². The molecule has 0 unspecified atom stereocenters. The van der Waals surface area contributed by atoms with Crippen molar-refractivity contribution in [3.05, 3.63) is 54.1 Å². The topological polar surface area (TPSA) is 86.8 Å². The van der Waals surface area contributed by atoms with Gasteiger partial charge in [0.2, 0.25) is 21.8 Å². The number of hydrogen-bond donors (Lipinski definition) is 1. The third-order valence-electron chi connectivity index (χ3n) is 6.34. The predicted octanol–water partition coefficient (Wildman–Crippen LogP) is 3.41. The second-order valence-corrected chi connectivity index (χ2v) is 10.8. The second kappa shape index (κ2) is 9.03. The quantitative estimate of drug-likeness (QED) is 0.749. The number of benzene rings is 2. The third-order valence-corrected chi connectivity index (χ3v) is 8.26. The van der Waals surface area contributed by atoms with Gasteiger partial charge < -0.3 is 10.2 Å². The van der Waals surface area contributed by atoms with Gasteiger partial charge in [0.1, 0.15) is 0 Å². The highest BCUT2D eigenvalue weighted by atomic mass is 32.2. The summed E-state index contributed by atoms with van der Waals surface area (Å²) in [6.45, 7) is 5.46. The Kier molecular flexibility index (Phi) is 6.35. The first kappa shape index (κ1) is 22.5. The monoisotopic (exact) mass is 455 g/mol. The summed E-state index contributed by atoms with van der Waals surface area (Å²) in [6, 6.07) is 13.9. The number of carbonyl (C=O) groups excluding carboxylic acids is 2. The highest BCUT2D eigenvalue weighted by Gasteiger charge is 2.35. The van der Waals surface area contributed by atoms with Gasteiger partial charge in [0.25, 0.3) is 0 Å². The van der Waals surface area contributed by atoms with Gasteiger partial charge in [-0.1, -0.05) is 24.6 Å². The number of sulfonamides is 1. The number of carbonyl (C=O) groups is 2. The lowest BCUT2D eigenvalue weighted by Crippen LogP contribution is -2.37. The van der Waals surface area contributed by atoms with E-state index >= 15 is 0 Å². The summed E-state index contributed by atoms with van der Waals surface area (Å²) in [5.41, 5.74) is 2.41. The maximum atomic E-state index is 12.9. The number of aryl methyl sites for hydroxylation is 1. The van der Waals surface area contributed by atoms with Crippen molar-refractivity contribution in [2.75, 3.05) is 29.9 Å². The van der Waals surface area contributed by atoms with E-state index < -0.39 is 15.9 Å². The van der Waals surface area contributed by atoms with Crippen LogP contribution in [0.15, 0.2) is 53.4 Å². The molecule has 2 amide bonds. The molecule has 2 aliphatic heterocycles. The smallest absolute Gasteiger partial charge is 0.243 e. The van der Waals surface area contributed by atoms with Crippen LogP contribution in [0.25, 0.3) is 0 Å². The maximum Gasteiger partial charge on any atom is 0.243 e. The first-order chi connectivity index (χ1) is 15.2. The first-order valence-corrected chi connectivity index (χ1v) is 12.5. The van der Waals surface area contributed by atoms with E-state index in [1.165, 1.54) is 4.31 Å². The number of anilines is 2. The molecule has 32 heavy (non-hydrogen) atoms. The van der Waals surface area contributed by atoms with Crippen LogP contribution in [0.5, 0.6) is 0 Å². The Labute approximate surface area is 189 Å². The van der Waals surface area contributed by atoms with E-state index in [2.05, 4.69) is 12.2 Å². The average molecular weight is 456 g/mol. The van der Waals surface area contributed by atoms with E-state index in [9.17, 15) is 18.0 Å². The molecule has 170 valence electrons. The van der Waals surface area contributed by atoms with Crippen molar-refractivity contribution in [1.29, 1.82) is 0 Å². The van der Waals surface area contributed by atoms with Crippen LogP contribution in [0.2, 0.25) is 0 Å². The van der Waals surface area contributed by atoms with E-state index in [0.717, 1.165) is 18.4 Å². The van der Waals surface area contributed by atoms with Crippen LogP contribution >= 0.6 is 0 Å². The van der Waals surface area contributed by atoms with Gasteiger partial charge in [-0.2, -0.15) is 4.31 Å². The fraction of sp³-hybridized carbons (Fsp3) is 0.417. The molecule has 2 aromatic carbocycles. The fourth-order valence-electron chi connectivity index (χ4n) is 4.19. The van der Waals surface area contributed by atoms with Gasteiger partial charge in [-0.3, -0.25) is 9.59 Å². The van der Waals surface area contributed by atoms with Crippen molar-refractivity contribution in [2.24, 2.45) is 11.8 Å². The molecule has 0 spiro atoms. The molecule has 2 aromatic rings. The van der Waals surface area contributed by atoms with E-state index in [0.29, 0.717) is 30.4 Å². The van der Waals surface area contributed by atoms with Crippen molar-refractivity contribution in [3.8, 4) is 0 Å². The van der Waals surface area contributed by atoms with Gasteiger partial charge in [0.05, 0.1) is 10.8 Å². The lowest BCUT2D eigenvalue weighted by molar-refractivity contribution is -0.122. The molecule has 7 nitrogen and oxygen atoms in total. The molecule has 1 atom stereocenters. The zero-order valence-corrected chi connectivity index (χ0v) is 19.3. The van der Waals surface area contributed by atoms with Gasteiger partial charge in [0.15, 0.2) is 0 Å². The van der Waals surface area contributed by atoms with Crippen LogP contribution in [0.3, 0.4) is 0 Å². The van der Waals surface area contributed by atoms with E-state index in [-0.39, 0.29) is 29.7 Å². The molecule has 0 bridgehead atoms. The van der Waals surface area contributed by atoms with Gasteiger partial charge in [-0.25, -0.2) is 8.42 Å². The number of amides is 2. The Balaban J connectivity index is 1.42. The summed E-state index contributed by atoms with van der Waals surface area (Å²) in [5.74, 6) is -0.249. The molecule has 0 aliphatic carbocycles. The van der Waals surface area contributed by atoms with Gasteiger partial charge in [0, 0.05) is 37.4 Å². The Morgan fingerprint density at radius 1 is 1.00 bits per heavy atom. The zero-order chi connectivity index (χ0) is 22.9. The first-order valence-electron chi connectivity index (χ1n) is 11.0. The van der Waals surface area contributed by atoms with Crippen LogP contribution in [-0.4, -0.2) is 44.2 Å². The Hall–Kier alpha value is -2.71. The van der Waals surface area contributed by atoms with E-state index in [1.54, 1.807) is 29.2 Å². The van der Waals surface area contributed by atoms with Crippen molar-refractivity contribution in [1.82, 2.24) is 4.31 Å². The molecule has 2 heterocycles. The minimum Gasteiger partial charge on any atom is -0.326 e. The molecular weight excluding hydrogens is 426 g/mol. The minimum atomic E-state index is -3.54. The highest BCUT2D eigenvalue weighted by molar-refractivity contribution is 7.89. The Morgan fingerprint density at radius 3 is 2.25 bits per heavy atom. The number of piperidine rings is 1. The molecule has 1 N–H and O–H groups in total. The lowest BCUT2D eigenvalue weighted by Gasteiger charge is -2.29. The van der Waals surface area contributed by atoms with Crippen LogP contribution in [0.1, 0.15) is 31.7 Å². The largest absolute Gasteiger partial charge is 0.326 e. The lowest BCUT2D eigenvalue weighted by atomic mass is 10.0. The van der Waals surface area contributed by atoms with Crippen LogP contribution in [0, 0.1) is 18.8 Å². The molecule has 0 saturated carbocycles. The Morgan fingerprint density at radius 2 is 1.62 bits per heavy atom. The van der Waals surface area contributed by atoms with Gasteiger partial charge >= 0.3 is 0 Å². The van der Waals surface area contributed by atoms with Gasteiger partial charge in [-0.05, 0) is 62.1 Å². The van der Waals surface area contributed by atoms with Crippen LogP contribution < -0.4 is 10.2 Å². The number of nitrogens with zero attached hydrogens (tertiary/aromatic N) is 2. The maximum absolute atomic E-state index is 12.9. The summed E-state index contributed by atoms with van der Waals surface area (Å²) >= 11 is 0. The molecular formula is C24H29N3O4S. The van der Waals surface area contributed by atoms with Crippen LogP contribution in [0.4, 0.5) is 11.4 Å². The zero-order valence-electron chi connectivity index (χ0n) is 18.5. The Bertz CT molecular complexity index is 1090. The summed E-state index contributed by atoms with van der Waals surface area (Å²) in [5, 5.41) is 2.87. The molecule has 2 saturated heterocycles. The summed E-state index contributed by atoms with van der Waals surface area (Å²) in [7, 11) is -3.54. The molecule has 4 rings (SSSR count). The predicted molar refractivity (Wildman–Crippen MR) is 124 cm³/mol. The minimum absolute atomic E-state index is 0.129. The second-order valence-electron chi connectivity index (χ2n) is 8.84. The van der Waals surface area contributed by atoms with Crippen molar-refractivity contribution < 1.29 is 18.0 Å². The fourth-order valence-corrected chi connectivity index (χ4v) is 5.66. The number of rotatable bonds is 5. The van der Waals surface area contributed by atoms with Crippen molar-refractivity contribution >= 4 is 33.2 Å². The third kappa shape index (κ3) is 4.71. The van der Waals surface area contributed by atoms with E-state index in [4.69, 9.17) is 0 Å². The normalized spacial score (nSPS) is 20.5. The summed E-state index contributed by atoms with van der Waals surface area (Å²) in [4.78, 5) is 27.0. The number of hydrogen-bond acceptors (Lipinski definition) is 4. The SMILES string of the molecule is Cc1ccc(NC(=O)[C@@H]2CC(=O)N(c3ccc(S(=O)(=O)N4CCC(C)CC4)cc3)C2)cc1. The number of nitrogens with one attached hydrogen (secondary N) is 1. The average Bonchev–Trinajstić information content (AvgIpc) is 3.17.